The van der Waals surface area contributed by atoms with E-state index in [9.17, 15) is 13.2 Å². The molecule has 0 fully saturated rings. The van der Waals surface area contributed by atoms with E-state index in [4.69, 9.17) is 15.2 Å². The van der Waals surface area contributed by atoms with Gasteiger partial charge in [-0.15, -0.1) is 0 Å². The molecule has 2 N–H and O–H groups in total. The lowest BCUT2D eigenvalue weighted by molar-refractivity contribution is 0.380. The molecule has 3 nitrogen and oxygen atoms in total. The summed E-state index contributed by atoms with van der Waals surface area (Å²) in [7, 11) is 1.27. The Hall–Kier alpha value is -2.37. The highest BCUT2D eigenvalue weighted by atomic mass is 19.1. The van der Waals surface area contributed by atoms with Crippen molar-refractivity contribution in [2.45, 2.75) is 0 Å². The van der Waals surface area contributed by atoms with Gasteiger partial charge >= 0.3 is 0 Å². The van der Waals surface area contributed by atoms with Crippen molar-refractivity contribution in [2.24, 2.45) is 0 Å². The molecule has 6 heteroatoms. The van der Waals surface area contributed by atoms with E-state index in [1.807, 2.05) is 0 Å². The fraction of sp³-hybridized carbons (Fsp3) is 0.0769. The van der Waals surface area contributed by atoms with E-state index in [2.05, 4.69) is 0 Å². The van der Waals surface area contributed by atoms with E-state index >= 15 is 0 Å². The van der Waals surface area contributed by atoms with Gasteiger partial charge in [0.05, 0.1) is 12.8 Å². The third-order valence-corrected chi connectivity index (χ3v) is 2.40. The molecule has 0 bridgehead atoms. The number of hydrogen-bond donors (Lipinski definition) is 1. The minimum Gasteiger partial charge on any atom is -0.494 e. The van der Waals surface area contributed by atoms with Crippen LogP contribution in [-0.2, 0) is 0 Å². The molecule has 0 saturated carbocycles. The Morgan fingerprint density at radius 3 is 2.32 bits per heavy atom. The molecular weight excluding hydrogens is 259 g/mol. The predicted molar refractivity (Wildman–Crippen MR) is 63.8 cm³/mol. The highest BCUT2D eigenvalue weighted by molar-refractivity contribution is 5.57. The molecule has 0 aromatic heterocycles. The molecule has 0 aliphatic carbocycles. The highest BCUT2D eigenvalue weighted by Gasteiger charge is 2.13. The van der Waals surface area contributed by atoms with Crippen molar-refractivity contribution < 1.29 is 22.6 Å². The van der Waals surface area contributed by atoms with Gasteiger partial charge in [-0.1, -0.05) is 0 Å². The minimum atomic E-state index is -0.760. The first-order valence-corrected chi connectivity index (χ1v) is 5.27. The standard InChI is InChI=1S/C13H10F3NO2/c1-18-11-6-13(10(17)5-9(11)16)19-12-4-7(14)2-3-8(12)15/h2-6H,17H2,1H3. The summed E-state index contributed by atoms with van der Waals surface area (Å²) in [5.41, 5.74) is 5.49. The summed E-state index contributed by atoms with van der Waals surface area (Å²) < 4.78 is 49.6. The molecule has 0 heterocycles. The van der Waals surface area contributed by atoms with E-state index in [-0.39, 0.29) is 22.9 Å². The van der Waals surface area contributed by atoms with Crippen molar-refractivity contribution >= 4 is 5.69 Å². The highest BCUT2D eigenvalue weighted by Crippen LogP contribution is 2.34. The largest absolute Gasteiger partial charge is 0.494 e. The van der Waals surface area contributed by atoms with E-state index in [0.717, 1.165) is 30.3 Å². The second kappa shape index (κ2) is 5.09. The lowest BCUT2D eigenvalue weighted by atomic mass is 10.2. The number of nitrogen functional groups attached to an aromatic ring is 1. The maximum Gasteiger partial charge on any atom is 0.167 e. The number of rotatable bonds is 3. The Morgan fingerprint density at radius 1 is 0.895 bits per heavy atom. The van der Waals surface area contributed by atoms with Gasteiger partial charge in [0.15, 0.2) is 28.9 Å². The first-order valence-electron chi connectivity index (χ1n) is 5.27. The number of hydrogen-bond acceptors (Lipinski definition) is 3. The normalized spacial score (nSPS) is 10.3. The molecule has 0 unspecified atom stereocenters. The summed E-state index contributed by atoms with van der Waals surface area (Å²) in [6.07, 6.45) is 0. The van der Waals surface area contributed by atoms with Crippen molar-refractivity contribution in [1.82, 2.24) is 0 Å². The van der Waals surface area contributed by atoms with E-state index in [0.29, 0.717) is 0 Å². The van der Waals surface area contributed by atoms with Gasteiger partial charge in [-0.2, -0.15) is 0 Å². The molecule has 0 radical (unpaired) electrons. The second-order valence-electron chi connectivity index (χ2n) is 3.70. The Kier molecular flexibility index (Phi) is 3.50. The van der Waals surface area contributed by atoms with Crippen LogP contribution in [-0.4, -0.2) is 7.11 Å². The fourth-order valence-electron chi connectivity index (χ4n) is 1.47. The number of nitrogens with two attached hydrogens (primary N) is 1. The third-order valence-electron chi connectivity index (χ3n) is 2.40. The van der Waals surface area contributed by atoms with Crippen molar-refractivity contribution in [3.05, 3.63) is 47.8 Å². The molecular formula is C13H10F3NO2. The SMILES string of the molecule is COc1cc(Oc2cc(F)ccc2F)c(N)cc1F. The van der Waals surface area contributed by atoms with Crippen LogP contribution in [0.3, 0.4) is 0 Å². The number of anilines is 1. The summed E-state index contributed by atoms with van der Waals surface area (Å²) in [6, 6.07) is 4.88. The molecule has 0 aliphatic heterocycles. The summed E-state index contributed by atoms with van der Waals surface area (Å²) in [4.78, 5) is 0. The maximum absolute atomic E-state index is 13.4. The van der Waals surface area contributed by atoms with Gasteiger partial charge in [-0.25, -0.2) is 13.2 Å². The first kappa shape index (κ1) is 13.1. The Morgan fingerprint density at radius 2 is 1.63 bits per heavy atom. The van der Waals surface area contributed by atoms with Crippen molar-refractivity contribution in [1.29, 1.82) is 0 Å². The van der Waals surface area contributed by atoms with Gasteiger partial charge in [-0.3, -0.25) is 0 Å². The fourth-order valence-corrected chi connectivity index (χ4v) is 1.47. The molecule has 0 amide bonds. The molecule has 0 atom stereocenters. The third kappa shape index (κ3) is 2.73. The molecule has 0 saturated heterocycles. The second-order valence-corrected chi connectivity index (χ2v) is 3.70. The van der Waals surface area contributed by atoms with Crippen LogP contribution in [0.2, 0.25) is 0 Å². The van der Waals surface area contributed by atoms with Gasteiger partial charge in [0.2, 0.25) is 0 Å². The first-order chi connectivity index (χ1) is 9.01. The van der Waals surface area contributed by atoms with Crippen LogP contribution in [0.1, 0.15) is 0 Å². The van der Waals surface area contributed by atoms with Crippen LogP contribution in [0.25, 0.3) is 0 Å². The Labute approximate surface area is 107 Å². The van der Waals surface area contributed by atoms with Crippen LogP contribution >= 0.6 is 0 Å². The molecule has 2 rings (SSSR count). The lowest BCUT2D eigenvalue weighted by Gasteiger charge is -2.11. The average molecular weight is 269 g/mol. The van der Waals surface area contributed by atoms with Gasteiger partial charge in [0, 0.05) is 18.2 Å². The van der Waals surface area contributed by atoms with Crippen LogP contribution in [0, 0.1) is 17.5 Å². The Bertz CT molecular complexity index is 617. The van der Waals surface area contributed by atoms with Gasteiger partial charge < -0.3 is 15.2 Å². The van der Waals surface area contributed by atoms with E-state index in [1.54, 1.807) is 0 Å². The summed E-state index contributed by atoms with van der Waals surface area (Å²) >= 11 is 0. The summed E-state index contributed by atoms with van der Waals surface area (Å²) in [5, 5.41) is 0. The summed E-state index contributed by atoms with van der Waals surface area (Å²) in [6.45, 7) is 0. The van der Waals surface area contributed by atoms with Gasteiger partial charge in [0.1, 0.15) is 5.82 Å². The topological polar surface area (TPSA) is 44.5 Å². The quantitative estimate of drug-likeness (QED) is 0.867. The minimum absolute atomic E-state index is 0.0252. The van der Waals surface area contributed by atoms with Crippen molar-refractivity contribution in [3.63, 3.8) is 0 Å². The molecule has 0 spiro atoms. The smallest absolute Gasteiger partial charge is 0.167 e. The number of methoxy groups -OCH3 is 1. The molecule has 2 aromatic carbocycles. The zero-order chi connectivity index (χ0) is 14.0. The molecule has 100 valence electrons. The van der Waals surface area contributed by atoms with Gasteiger partial charge in [-0.05, 0) is 12.1 Å². The van der Waals surface area contributed by atoms with Crippen LogP contribution < -0.4 is 15.2 Å². The molecule has 2 aromatic rings. The van der Waals surface area contributed by atoms with Gasteiger partial charge in [0.25, 0.3) is 0 Å². The average Bonchev–Trinajstić information content (AvgIpc) is 2.37. The predicted octanol–water partition coefficient (Wildman–Crippen LogP) is 3.49. The molecule has 0 aliphatic rings. The summed E-state index contributed by atoms with van der Waals surface area (Å²) in [5.74, 6) is -2.58. The van der Waals surface area contributed by atoms with Crippen LogP contribution in [0.4, 0.5) is 18.9 Å². The molecule has 19 heavy (non-hydrogen) atoms. The number of halogens is 3. The van der Waals surface area contributed by atoms with Crippen LogP contribution in [0.15, 0.2) is 30.3 Å². The van der Waals surface area contributed by atoms with E-state index < -0.39 is 17.5 Å². The zero-order valence-corrected chi connectivity index (χ0v) is 9.91. The zero-order valence-electron chi connectivity index (χ0n) is 9.91. The maximum atomic E-state index is 13.4. The van der Waals surface area contributed by atoms with Crippen molar-refractivity contribution in [2.75, 3.05) is 12.8 Å². The monoisotopic (exact) mass is 269 g/mol. The number of benzene rings is 2. The lowest BCUT2D eigenvalue weighted by Crippen LogP contribution is -1.97. The van der Waals surface area contributed by atoms with E-state index in [1.165, 1.54) is 7.11 Å². The Balaban J connectivity index is 2.40. The van der Waals surface area contributed by atoms with Crippen LogP contribution in [0.5, 0.6) is 17.2 Å². The number of ether oxygens (including phenoxy) is 2. The van der Waals surface area contributed by atoms with Crippen molar-refractivity contribution in [3.8, 4) is 17.2 Å².